The molecule has 1 aliphatic rings. The topological polar surface area (TPSA) is 82.2 Å². The number of nitrogens with two attached hydrogens (primary N) is 1. The highest BCUT2D eigenvalue weighted by Gasteiger charge is 2.34. The molecule has 0 aromatic heterocycles. The smallest absolute Gasteiger partial charge is 0.397 e. The molecular weight excluding hydrogens is 253 g/mol. The highest BCUT2D eigenvalue weighted by molar-refractivity contribution is 5.81. The third-order valence-corrected chi connectivity index (χ3v) is 2.59. The Morgan fingerprint density at radius 2 is 1.83 bits per heavy atom. The van der Waals surface area contributed by atoms with Gasteiger partial charge in [0.1, 0.15) is 6.42 Å². The van der Waals surface area contributed by atoms with Crippen molar-refractivity contribution in [2.45, 2.75) is 12.6 Å². The van der Waals surface area contributed by atoms with Crippen molar-refractivity contribution >= 4 is 11.7 Å². The summed E-state index contributed by atoms with van der Waals surface area (Å²) in [7, 11) is 0. The van der Waals surface area contributed by atoms with Crippen LogP contribution in [0.25, 0.3) is 0 Å². The number of hydrogen-bond acceptors (Lipinski definition) is 4. The largest absolute Gasteiger partial charge is 0.409 e. The lowest BCUT2D eigenvalue weighted by molar-refractivity contribution is -0.162. The standard InChI is InChI=1S/C9H15F3N4O2/c10-9(11,12)5-8(17)16-3-1-15(2-4-16)6-7(13)14-18/h18H,1-6H2,(H2,13,14). The SMILES string of the molecule is N/C(CN1CCN(C(=O)CC(F)(F)F)CC1)=N\O. The van der Waals surface area contributed by atoms with E-state index < -0.39 is 18.5 Å². The van der Waals surface area contributed by atoms with E-state index in [-0.39, 0.29) is 25.5 Å². The number of hydrogen-bond donors (Lipinski definition) is 2. The second-order valence-corrected chi connectivity index (χ2v) is 4.04. The van der Waals surface area contributed by atoms with Gasteiger partial charge in [-0.3, -0.25) is 9.69 Å². The maximum atomic E-state index is 12.0. The molecule has 0 radical (unpaired) electrons. The fourth-order valence-electron chi connectivity index (χ4n) is 1.70. The van der Waals surface area contributed by atoms with E-state index in [4.69, 9.17) is 10.9 Å². The van der Waals surface area contributed by atoms with E-state index in [1.165, 1.54) is 4.90 Å². The molecule has 0 aliphatic carbocycles. The van der Waals surface area contributed by atoms with Gasteiger partial charge in [0.05, 0.1) is 6.54 Å². The van der Waals surface area contributed by atoms with Crippen LogP contribution in [0, 0.1) is 0 Å². The molecule has 104 valence electrons. The van der Waals surface area contributed by atoms with Gasteiger partial charge in [0.2, 0.25) is 5.91 Å². The Balaban J connectivity index is 2.37. The van der Waals surface area contributed by atoms with Crippen molar-refractivity contribution in [3.8, 4) is 0 Å². The Labute approximate surface area is 102 Å². The van der Waals surface area contributed by atoms with Crippen LogP contribution in [0.1, 0.15) is 6.42 Å². The van der Waals surface area contributed by atoms with Gasteiger partial charge in [0.15, 0.2) is 5.84 Å². The molecule has 6 nitrogen and oxygen atoms in total. The zero-order valence-electron chi connectivity index (χ0n) is 9.65. The average molecular weight is 268 g/mol. The van der Waals surface area contributed by atoms with E-state index >= 15 is 0 Å². The van der Waals surface area contributed by atoms with E-state index in [9.17, 15) is 18.0 Å². The minimum atomic E-state index is -4.47. The van der Waals surface area contributed by atoms with E-state index in [0.29, 0.717) is 13.1 Å². The molecule has 0 bridgehead atoms. The molecule has 1 aliphatic heterocycles. The van der Waals surface area contributed by atoms with E-state index in [1.807, 2.05) is 0 Å². The predicted octanol–water partition coefficient (Wildman–Crippen LogP) is -0.171. The van der Waals surface area contributed by atoms with Gasteiger partial charge >= 0.3 is 6.18 Å². The van der Waals surface area contributed by atoms with Gasteiger partial charge in [0.25, 0.3) is 0 Å². The molecule has 0 unspecified atom stereocenters. The Bertz CT molecular complexity index is 324. The van der Waals surface area contributed by atoms with Crippen LogP contribution in [0.15, 0.2) is 5.16 Å². The molecule has 0 spiro atoms. The van der Waals surface area contributed by atoms with Crippen LogP contribution in [0.3, 0.4) is 0 Å². The van der Waals surface area contributed by atoms with Crippen molar-refractivity contribution in [1.82, 2.24) is 9.80 Å². The molecule has 3 N–H and O–H groups in total. The number of carbonyl (C=O) groups is 1. The third-order valence-electron chi connectivity index (χ3n) is 2.59. The Hall–Kier alpha value is -1.51. The van der Waals surface area contributed by atoms with Crippen molar-refractivity contribution < 1.29 is 23.2 Å². The number of nitrogens with zero attached hydrogens (tertiary/aromatic N) is 3. The fourth-order valence-corrected chi connectivity index (χ4v) is 1.70. The molecule has 1 amide bonds. The van der Waals surface area contributed by atoms with Crippen LogP contribution in [0.2, 0.25) is 0 Å². The van der Waals surface area contributed by atoms with Gasteiger partial charge in [-0.05, 0) is 0 Å². The minimum Gasteiger partial charge on any atom is -0.409 e. The van der Waals surface area contributed by atoms with Crippen molar-refractivity contribution in [2.24, 2.45) is 10.9 Å². The highest BCUT2D eigenvalue weighted by atomic mass is 19.4. The molecule has 1 fully saturated rings. The van der Waals surface area contributed by atoms with Crippen LogP contribution in [-0.2, 0) is 4.79 Å². The molecular formula is C9H15F3N4O2. The van der Waals surface area contributed by atoms with Crippen LogP contribution < -0.4 is 5.73 Å². The quantitative estimate of drug-likeness (QED) is 0.322. The van der Waals surface area contributed by atoms with Crippen LogP contribution in [0.4, 0.5) is 13.2 Å². The second-order valence-electron chi connectivity index (χ2n) is 4.04. The first-order valence-corrected chi connectivity index (χ1v) is 5.35. The minimum absolute atomic E-state index is 0.0325. The van der Waals surface area contributed by atoms with Crippen molar-refractivity contribution in [1.29, 1.82) is 0 Å². The lowest BCUT2D eigenvalue weighted by Gasteiger charge is -2.34. The number of rotatable bonds is 3. The number of halogens is 3. The number of piperazine rings is 1. The maximum Gasteiger partial charge on any atom is 0.397 e. The maximum absolute atomic E-state index is 12.0. The number of carbonyl (C=O) groups excluding carboxylic acids is 1. The molecule has 0 aromatic carbocycles. The van der Waals surface area contributed by atoms with Crippen molar-refractivity contribution in [2.75, 3.05) is 32.7 Å². The summed E-state index contributed by atoms with van der Waals surface area (Å²) >= 11 is 0. The summed E-state index contributed by atoms with van der Waals surface area (Å²) in [6.07, 6.45) is -5.89. The van der Waals surface area contributed by atoms with E-state index in [1.54, 1.807) is 4.90 Å². The number of amides is 1. The van der Waals surface area contributed by atoms with E-state index in [2.05, 4.69) is 5.16 Å². The number of oxime groups is 1. The molecule has 1 heterocycles. The van der Waals surface area contributed by atoms with Gasteiger partial charge in [0, 0.05) is 26.2 Å². The summed E-state index contributed by atoms with van der Waals surface area (Å²) < 4.78 is 36.1. The summed E-state index contributed by atoms with van der Waals surface area (Å²) in [5.74, 6) is -0.879. The number of amidine groups is 1. The highest BCUT2D eigenvalue weighted by Crippen LogP contribution is 2.21. The molecule has 18 heavy (non-hydrogen) atoms. The summed E-state index contributed by atoms with van der Waals surface area (Å²) in [4.78, 5) is 14.3. The van der Waals surface area contributed by atoms with Gasteiger partial charge < -0.3 is 15.8 Å². The van der Waals surface area contributed by atoms with Crippen molar-refractivity contribution in [3.63, 3.8) is 0 Å². The summed E-state index contributed by atoms with van der Waals surface area (Å²) in [5.41, 5.74) is 5.31. The first-order valence-electron chi connectivity index (χ1n) is 5.35. The fraction of sp³-hybridized carbons (Fsp3) is 0.778. The predicted molar refractivity (Wildman–Crippen MR) is 57.1 cm³/mol. The van der Waals surface area contributed by atoms with Gasteiger partial charge in [-0.15, -0.1) is 0 Å². The summed E-state index contributed by atoms with van der Waals surface area (Å²) in [6, 6.07) is 0. The van der Waals surface area contributed by atoms with Gasteiger partial charge in [-0.25, -0.2) is 0 Å². The van der Waals surface area contributed by atoms with Crippen molar-refractivity contribution in [3.05, 3.63) is 0 Å². The van der Waals surface area contributed by atoms with Gasteiger partial charge in [-0.1, -0.05) is 5.16 Å². The molecule has 0 aromatic rings. The zero-order chi connectivity index (χ0) is 13.8. The normalized spacial score (nSPS) is 19.1. The molecule has 9 heteroatoms. The number of alkyl halides is 3. The molecule has 1 rings (SSSR count). The molecule has 0 saturated carbocycles. The Morgan fingerprint density at radius 3 is 2.28 bits per heavy atom. The lowest BCUT2D eigenvalue weighted by Crippen LogP contribution is -2.51. The zero-order valence-corrected chi connectivity index (χ0v) is 9.65. The Morgan fingerprint density at radius 1 is 1.28 bits per heavy atom. The van der Waals surface area contributed by atoms with Gasteiger partial charge in [-0.2, -0.15) is 13.2 Å². The second kappa shape index (κ2) is 5.89. The first kappa shape index (κ1) is 14.6. The van der Waals surface area contributed by atoms with Crippen LogP contribution in [0.5, 0.6) is 0 Å². The molecule has 1 saturated heterocycles. The van der Waals surface area contributed by atoms with Crippen LogP contribution in [-0.4, -0.2) is 65.6 Å². The first-order chi connectivity index (χ1) is 8.31. The van der Waals surface area contributed by atoms with Crippen LogP contribution >= 0.6 is 0 Å². The Kier molecular flexibility index (Phi) is 4.76. The van der Waals surface area contributed by atoms with E-state index in [0.717, 1.165) is 0 Å². The summed E-state index contributed by atoms with van der Waals surface area (Å²) in [6.45, 7) is 1.47. The monoisotopic (exact) mass is 268 g/mol. The third kappa shape index (κ3) is 4.78. The molecule has 0 atom stereocenters. The lowest BCUT2D eigenvalue weighted by atomic mass is 10.2. The summed E-state index contributed by atoms with van der Waals surface area (Å²) in [5, 5.41) is 11.2. The average Bonchev–Trinajstić information content (AvgIpc) is 2.27.